The van der Waals surface area contributed by atoms with Gasteiger partial charge in [-0.2, -0.15) is 0 Å². The van der Waals surface area contributed by atoms with Crippen molar-refractivity contribution >= 4 is 12.0 Å². The number of fused-ring (bicyclic) bond motifs is 1. The van der Waals surface area contributed by atoms with E-state index in [0.717, 1.165) is 52.7 Å². The van der Waals surface area contributed by atoms with Gasteiger partial charge in [-0.05, 0) is 88.4 Å². The second kappa shape index (κ2) is 11.5. The summed E-state index contributed by atoms with van der Waals surface area (Å²) < 4.78 is 22.8. The van der Waals surface area contributed by atoms with Gasteiger partial charge in [-0.15, -0.1) is 0 Å². The van der Waals surface area contributed by atoms with Crippen molar-refractivity contribution in [1.82, 2.24) is 0 Å². The molecule has 0 unspecified atom stereocenters. The first-order valence-corrected chi connectivity index (χ1v) is 13.2. The van der Waals surface area contributed by atoms with E-state index in [1.54, 1.807) is 20.3 Å². The number of aliphatic carboxylic acids is 1. The van der Waals surface area contributed by atoms with Gasteiger partial charge in [-0.25, -0.2) is 4.79 Å². The van der Waals surface area contributed by atoms with Gasteiger partial charge in [0.05, 0.1) is 7.11 Å². The summed E-state index contributed by atoms with van der Waals surface area (Å²) in [5.41, 5.74) is 6.15. The minimum Gasteiger partial charge on any atom is -0.496 e. The Bertz CT molecular complexity index is 1350. The third kappa shape index (κ3) is 6.45. The molecule has 39 heavy (non-hydrogen) atoms. The highest BCUT2D eigenvalue weighted by Gasteiger charge is 2.38. The number of carboxylic acid groups (broad SMARTS) is 1. The minimum atomic E-state index is -0.993. The van der Waals surface area contributed by atoms with Crippen LogP contribution in [0.15, 0.2) is 60.7 Å². The number of rotatable bonds is 10. The molecule has 0 bridgehead atoms. The van der Waals surface area contributed by atoms with E-state index in [0.29, 0.717) is 12.4 Å². The molecule has 6 nitrogen and oxygen atoms in total. The fourth-order valence-electron chi connectivity index (χ4n) is 5.10. The van der Waals surface area contributed by atoms with Gasteiger partial charge < -0.3 is 24.1 Å². The molecule has 6 heteroatoms. The molecule has 1 aliphatic rings. The Labute approximate surface area is 231 Å². The zero-order valence-electron chi connectivity index (χ0n) is 23.7. The molecule has 0 fully saturated rings. The first-order valence-electron chi connectivity index (χ1n) is 13.2. The van der Waals surface area contributed by atoms with Gasteiger partial charge >= 0.3 is 5.97 Å². The average molecular weight is 531 g/mol. The predicted octanol–water partition coefficient (Wildman–Crippen LogP) is 7.37. The Balaban J connectivity index is 1.81. The second-order valence-corrected chi connectivity index (χ2v) is 11.3. The fourth-order valence-corrected chi connectivity index (χ4v) is 5.10. The van der Waals surface area contributed by atoms with Crippen molar-refractivity contribution in [2.45, 2.75) is 58.0 Å². The third-order valence-corrected chi connectivity index (χ3v) is 7.55. The van der Waals surface area contributed by atoms with Crippen molar-refractivity contribution in [3.63, 3.8) is 0 Å². The minimum absolute atomic E-state index is 0.00419. The Morgan fingerprint density at radius 3 is 2.10 bits per heavy atom. The topological polar surface area (TPSA) is 74.2 Å². The highest BCUT2D eigenvalue weighted by Crippen LogP contribution is 2.50. The first-order chi connectivity index (χ1) is 18.5. The van der Waals surface area contributed by atoms with Crippen LogP contribution in [0.25, 0.3) is 17.2 Å². The summed E-state index contributed by atoms with van der Waals surface area (Å²) in [4.78, 5) is 11.1. The molecule has 206 valence electrons. The SMILES string of the molecule is COCOc1ccc(COc2cc3c(cc2-c2cc(C=CC(=O)O)ccc2OC)C(C)(C)CCC3(C)C)cc1. The molecule has 3 aromatic rings. The Kier molecular flexibility index (Phi) is 8.36. The molecule has 0 saturated carbocycles. The van der Waals surface area contributed by atoms with E-state index in [1.807, 2.05) is 42.5 Å². The number of carboxylic acids is 1. The summed E-state index contributed by atoms with van der Waals surface area (Å²) in [6, 6.07) is 17.9. The summed E-state index contributed by atoms with van der Waals surface area (Å²) in [7, 11) is 3.23. The van der Waals surface area contributed by atoms with E-state index >= 15 is 0 Å². The van der Waals surface area contributed by atoms with Crippen molar-refractivity contribution in [2.24, 2.45) is 0 Å². The maximum atomic E-state index is 11.1. The molecule has 0 aliphatic heterocycles. The summed E-state index contributed by atoms with van der Waals surface area (Å²) in [6.07, 6.45) is 4.90. The molecule has 0 aromatic heterocycles. The third-order valence-electron chi connectivity index (χ3n) is 7.55. The molecule has 1 aliphatic carbocycles. The molecule has 0 heterocycles. The van der Waals surface area contributed by atoms with Crippen molar-refractivity contribution in [1.29, 1.82) is 0 Å². The number of benzene rings is 3. The zero-order chi connectivity index (χ0) is 28.2. The van der Waals surface area contributed by atoms with Crippen molar-refractivity contribution in [2.75, 3.05) is 21.0 Å². The highest BCUT2D eigenvalue weighted by atomic mass is 16.7. The summed E-state index contributed by atoms with van der Waals surface area (Å²) in [5, 5.41) is 9.14. The molecule has 1 N–H and O–H groups in total. The van der Waals surface area contributed by atoms with Crippen LogP contribution >= 0.6 is 0 Å². The molecular weight excluding hydrogens is 492 g/mol. The van der Waals surface area contributed by atoms with Gasteiger partial charge in [-0.3, -0.25) is 0 Å². The van der Waals surface area contributed by atoms with Crippen LogP contribution in [0.4, 0.5) is 0 Å². The standard InChI is InChI=1S/C33H38O6/c1-32(2)15-16-33(3,4)28-19-30(38-20-23-7-11-24(12-8-23)39-21-36-5)26(18-27(28)32)25-17-22(10-14-31(34)35)9-13-29(25)37-6/h7-14,17-19H,15-16,20-21H2,1-6H3,(H,34,35). The Hall–Kier alpha value is -3.77. The van der Waals surface area contributed by atoms with Gasteiger partial charge in [0, 0.05) is 24.3 Å². The number of carbonyl (C=O) groups is 1. The van der Waals surface area contributed by atoms with E-state index in [1.165, 1.54) is 11.1 Å². The van der Waals surface area contributed by atoms with E-state index < -0.39 is 5.97 Å². The number of hydrogen-bond donors (Lipinski definition) is 1. The lowest BCUT2D eigenvalue weighted by molar-refractivity contribution is -0.131. The van der Waals surface area contributed by atoms with E-state index in [-0.39, 0.29) is 17.6 Å². The predicted molar refractivity (Wildman–Crippen MR) is 154 cm³/mol. The van der Waals surface area contributed by atoms with Crippen LogP contribution < -0.4 is 14.2 Å². The van der Waals surface area contributed by atoms with E-state index in [2.05, 4.69) is 39.8 Å². The summed E-state index contributed by atoms with van der Waals surface area (Å²) in [5.74, 6) is 1.19. The zero-order valence-corrected chi connectivity index (χ0v) is 23.7. The molecule has 4 rings (SSSR count). The smallest absolute Gasteiger partial charge is 0.328 e. The maximum absolute atomic E-state index is 11.1. The summed E-state index contributed by atoms with van der Waals surface area (Å²) >= 11 is 0. The lowest BCUT2D eigenvalue weighted by Gasteiger charge is -2.42. The highest BCUT2D eigenvalue weighted by molar-refractivity contribution is 5.86. The van der Waals surface area contributed by atoms with Gasteiger partial charge in [0.15, 0.2) is 6.79 Å². The van der Waals surface area contributed by atoms with Gasteiger partial charge in [0.1, 0.15) is 23.9 Å². The average Bonchev–Trinajstić information content (AvgIpc) is 2.92. The molecule has 0 amide bonds. The molecular formula is C33H38O6. The van der Waals surface area contributed by atoms with Crippen LogP contribution in [0.3, 0.4) is 0 Å². The van der Waals surface area contributed by atoms with Crippen LogP contribution in [-0.2, 0) is 27.0 Å². The quantitative estimate of drug-likeness (QED) is 0.218. The lowest BCUT2D eigenvalue weighted by Crippen LogP contribution is -2.33. The number of hydrogen-bond acceptors (Lipinski definition) is 5. The summed E-state index contributed by atoms with van der Waals surface area (Å²) in [6.45, 7) is 9.75. The Morgan fingerprint density at radius 2 is 1.49 bits per heavy atom. The molecule has 0 radical (unpaired) electrons. The fraction of sp³-hybridized carbons (Fsp3) is 0.364. The van der Waals surface area contributed by atoms with Crippen LogP contribution in [0.2, 0.25) is 0 Å². The van der Waals surface area contributed by atoms with Gasteiger partial charge in [-0.1, -0.05) is 45.9 Å². The van der Waals surface area contributed by atoms with Crippen LogP contribution in [-0.4, -0.2) is 32.1 Å². The van der Waals surface area contributed by atoms with Crippen LogP contribution in [0.1, 0.15) is 62.8 Å². The van der Waals surface area contributed by atoms with Crippen molar-refractivity contribution in [3.8, 4) is 28.4 Å². The molecule has 3 aromatic carbocycles. The number of ether oxygens (including phenoxy) is 4. The normalized spacial score (nSPS) is 15.5. The van der Waals surface area contributed by atoms with E-state index in [4.69, 9.17) is 24.1 Å². The monoisotopic (exact) mass is 530 g/mol. The van der Waals surface area contributed by atoms with Crippen molar-refractivity contribution < 1.29 is 28.8 Å². The molecule has 0 saturated heterocycles. The van der Waals surface area contributed by atoms with E-state index in [9.17, 15) is 4.79 Å². The maximum Gasteiger partial charge on any atom is 0.328 e. The lowest BCUT2D eigenvalue weighted by atomic mass is 9.62. The second-order valence-electron chi connectivity index (χ2n) is 11.3. The number of methoxy groups -OCH3 is 2. The van der Waals surface area contributed by atoms with Crippen LogP contribution in [0.5, 0.6) is 17.2 Å². The largest absolute Gasteiger partial charge is 0.496 e. The Morgan fingerprint density at radius 1 is 0.846 bits per heavy atom. The van der Waals surface area contributed by atoms with Crippen molar-refractivity contribution in [3.05, 3.63) is 82.9 Å². The van der Waals surface area contributed by atoms with Crippen LogP contribution in [0, 0.1) is 0 Å². The van der Waals surface area contributed by atoms with Gasteiger partial charge in [0.25, 0.3) is 0 Å². The first kappa shape index (κ1) is 28.2. The molecule has 0 atom stereocenters. The molecule has 0 spiro atoms. The van der Waals surface area contributed by atoms with Gasteiger partial charge in [0.2, 0.25) is 0 Å².